The minimum absolute atomic E-state index is 0.266. The van der Waals surface area contributed by atoms with Crippen molar-refractivity contribution in [2.24, 2.45) is 16.6 Å². The maximum Gasteiger partial charge on any atom is -0.00207 e. The Morgan fingerprint density at radius 2 is 1.50 bits per heavy atom. The Kier molecular flexibility index (Phi) is 4.25. The number of hydrogen-bond acceptors (Lipinski definition) is 1. The maximum absolute atomic E-state index is 5.76. The van der Waals surface area contributed by atoms with Gasteiger partial charge in [0.1, 0.15) is 0 Å². The maximum atomic E-state index is 5.76. The van der Waals surface area contributed by atoms with Crippen LogP contribution in [0, 0.1) is 10.8 Å². The van der Waals surface area contributed by atoms with Gasteiger partial charge in [0.15, 0.2) is 0 Å². The lowest BCUT2D eigenvalue weighted by Gasteiger charge is -2.41. The summed E-state index contributed by atoms with van der Waals surface area (Å²) in [4.78, 5) is 0. The molecular formula is C11H25N. The summed E-state index contributed by atoms with van der Waals surface area (Å²) >= 11 is 0. The largest absolute Gasteiger partial charge is 0.330 e. The predicted octanol–water partition coefficient (Wildman–Crippen LogP) is 3.19. The molecule has 0 spiro atoms. The number of rotatable bonds is 5. The second kappa shape index (κ2) is 4.27. The van der Waals surface area contributed by atoms with E-state index >= 15 is 0 Å². The highest BCUT2D eigenvalue weighted by atomic mass is 14.6. The summed E-state index contributed by atoms with van der Waals surface area (Å²) in [6.07, 6.45) is 3.88. The number of nitrogens with two attached hydrogens (primary N) is 1. The first-order valence-corrected chi connectivity index (χ1v) is 5.07. The Labute approximate surface area is 77.7 Å². The van der Waals surface area contributed by atoms with Crippen molar-refractivity contribution < 1.29 is 0 Å². The topological polar surface area (TPSA) is 26.0 Å². The second-order valence-corrected chi connectivity index (χ2v) is 5.08. The molecule has 0 bridgehead atoms. The Hall–Kier alpha value is -0.0400. The molecule has 0 unspecified atom stereocenters. The van der Waals surface area contributed by atoms with Crippen LogP contribution in [0.4, 0.5) is 0 Å². The van der Waals surface area contributed by atoms with Crippen molar-refractivity contribution in [3.8, 4) is 0 Å². The third-order valence-corrected chi connectivity index (χ3v) is 3.50. The summed E-state index contributed by atoms with van der Waals surface area (Å²) in [5.74, 6) is 0. The van der Waals surface area contributed by atoms with Gasteiger partial charge in [-0.15, -0.1) is 0 Å². The van der Waals surface area contributed by atoms with E-state index in [0.717, 1.165) is 6.54 Å². The van der Waals surface area contributed by atoms with E-state index in [9.17, 15) is 0 Å². The van der Waals surface area contributed by atoms with Crippen LogP contribution in [0.2, 0.25) is 0 Å². The lowest BCUT2D eigenvalue weighted by atomic mass is 9.65. The summed E-state index contributed by atoms with van der Waals surface area (Å²) in [6.45, 7) is 12.2. The minimum atomic E-state index is 0.266. The molecule has 0 radical (unpaired) electrons. The first-order chi connectivity index (χ1) is 5.37. The Bertz CT molecular complexity index is 125. The van der Waals surface area contributed by atoms with E-state index in [1.807, 2.05) is 0 Å². The first kappa shape index (κ1) is 12.0. The molecule has 0 rings (SSSR count). The predicted molar refractivity (Wildman–Crippen MR) is 56.1 cm³/mol. The Morgan fingerprint density at radius 1 is 1.00 bits per heavy atom. The quantitative estimate of drug-likeness (QED) is 0.675. The molecule has 0 heterocycles. The van der Waals surface area contributed by atoms with E-state index in [-0.39, 0.29) is 5.41 Å². The zero-order chi connectivity index (χ0) is 9.83. The molecule has 74 valence electrons. The van der Waals surface area contributed by atoms with Crippen LogP contribution in [0.5, 0.6) is 0 Å². The second-order valence-electron chi connectivity index (χ2n) is 5.08. The van der Waals surface area contributed by atoms with Gasteiger partial charge in [-0.1, -0.05) is 47.5 Å². The standard InChI is InChI=1S/C11H25N/c1-6-7-8-10(2,3)11(4,5)9-12/h6-9,12H2,1-5H3. The fourth-order valence-corrected chi connectivity index (χ4v) is 1.23. The lowest BCUT2D eigenvalue weighted by Crippen LogP contribution is -2.38. The SMILES string of the molecule is CCCCC(C)(C)C(C)(C)CN. The molecule has 0 saturated carbocycles. The molecular weight excluding hydrogens is 146 g/mol. The average Bonchev–Trinajstić information content (AvgIpc) is 2.00. The molecule has 0 amide bonds. The zero-order valence-electron chi connectivity index (χ0n) is 9.41. The molecule has 1 heteroatoms. The van der Waals surface area contributed by atoms with Crippen LogP contribution < -0.4 is 5.73 Å². The fourth-order valence-electron chi connectivity index (χ4n) is 1.23. The highest BCUT2D eigenvalue weighted by Crippen LogP contribution is 2.41. The Balaban J connectivity index is 4.17. The van der Waals surface area contributed by atoms with Gasteiger partial charge in [0.25, 0.3) is 0 Å². The van der Waals surface area contributed by atoms with Gasteiger partial charge in [0.2, 0.25) is 0 Å². The van der Waals surface area contributed by atoms with Crippen LogP contribution in [0.25, 0.3) is 0 Å². The summed E-state index contributed by atoms with van der Waals surface area (Å²) in [6, 6.07) is 0. The third kappa shape index (κ3) is 2.78. The number of unbranched alkanes of at least 4 members (excludes halogenated alkanes) is 1. The third-order valence-electron chi connectivity index (χ3n) is 3.50. The van der Waals surface area contributed by atoms with Crippen molar-refractivity contribution in [3.63, 3.8) is 0 Å². The van der Waals surface area contributed by atoms with Crippen molar-refractivity contribution in [2.75, 3.05) is 6.54 Å². The molecule has 2 N–H and O–H groups in total. The van der Waals surface area contributed by atoms with Gasteiger partial charge in [-0.25, -0.2) is 0 Å². The lowest BCUT2D eigenvalue weighted by molar-refractivity contribution is 0.105. The highest BCUT2D eigenvalue weighted by Gasteiger charge is 2.34. The molecule has 1 nitrogen and oxygen atoms in total. The summed E-state index contributed by atoms with van der Waals surface area (Å²) < 4.78 is 0. The summed E-state index contributed by atoms with van der Waals surface area (Å²) in [5.41, 5.74) is 6.40. The van der Waals surface area contributed by atoms with Gasteiger partial charge in [0.05, 0.1) is 0 Å². The monoisotopic (exact) mass is 171 g/mol. The number of hydrogen-bond donors (Lipinski definition) is 1. The molecule has 0 aliphatic heterocycles. The molecule has 0 fully saturated rings. The zero-order valence-corrected chi connectivity index (χ0v) is 9.41. The highest BCUT2D eigenvalue weighted by molar-refractivity contribution is 4.86. The van der Waals surface area contributed by atoms with Gasteiger partial charge in [-0.05, 0) is 23.8 Å². The van der Waals surface area contributed by atoms with Crippen LogP contribution in [-0.4, -0.2) is 6.54 Å². The van der Waals surface area contributed by atoms with Gasteiger partial charge in [0, 0.05) is 0 Å². The molecule has 0 aromatic carbocycles. The molecule has 0 aliphatic carbocycles. The van der Waals surface area contributed by atoms with Crippen molar-refractivity contribution in [1.29, 1.82) is 0 Å². The van der Waals surface area contributed by atoms with E-state index < -0.39 is 0 Å². The van der Waals surface area contributed by atoms with Crippen molar-refractivity contribution in [2.45, 2.75) is 53.9 Å². The molecule has 0 aliphatic rings. The van der Waals surface area contributed by atoms with Crippen LogP contribution in [0.3, 0.4) is 0 Å². The van der Waals surface area contributed by atoms with Gasteiger partial charge >= 0.3 is 0 Å². The molecule has 12 heavy (non-hydrogen) atoms. The normalized spacial score (nSPS) is 13.5. The summed E-state index contributed by atoms with van der Waals surface area (Å²) in [5, 5.41) is 0. The van der Waals surface area contributed by atoms with Crippen molar-refractivity contribution in [1.82, 2.24) is 0 Å². The smallest absolute Gasteiger partial charge is 0.00207 e. The summed E-state index contributed by atoms with van der Waals surface area (Å²) in [7, 11) is 0. The average molecular weight is 171 g/mol. The molecule has 0 aromatic heterocycles. The van der Waals surface area contributed by atoms with E-state index in [1.54, 1.807) is 0 Å². The minimum Gasteiger partial charge on any atom is -0.330 e. The Morgan fingerprint density at radius 3 is 1.83 bits per heavy atom. The van der Waals surface area contributed by atoms with E-state index in [0.29, 0.717) is 5.41 Å². The van der Waals surface area contributed by atoms with Crippen LogP contribution >= 0.6 is 0 Å². The van der Waals surface area contributed by atoms with E-state index in [4.69, 9.17) is 5.73 Å². The van der Waals surface area contributed by atoms with Gasteiger partial charge in [-0.3, -0.25) is 0 Å². The van der Waals surface area contributed by atoms with Crippen LogP contribution in [-0.2, 0) is 0 Å². The van der Waals surface area contributed by atoms with Gasteiger partial charge < -0.3 is 5.73 Å². The molecule has 0 saturated heterocycles. The van der Waals surface area contributed by atoms with E-state index in [2.05, 4.69) is 34.6 Å². The van der Waals surface area contributed by atoms with Crippen molar-refractivity contribution in [3.05, 3.63) is 0 Å². The van der Waals surface area contributed by atoms with Crippen LogP contribution in [0.15, 0.2) is 0 Å². The fraction of sp³-hybridized carbons (Fsp3) is 1.00. The van der Waals surface area contributed by atoms with Crippen LogP contribution in [0.1, 0.15) is 53.9 Å². The molecule has 0 atom stereocenters. The molecule has 0 aromatic rings. The van der Waals surface area contributed by atoms with E-state index in [1.165, 1.54) is 19.3 Å². The van der Waals surface area contributed by atoms with Gasteiger partial charge in [-0.2, -0.15) is 0 Å². The first-order valence-electron chi connectivity index (χ1n) is 5.07. The van der Waals surface area contributed by atoms with Crippen molar-refractivity contribution >= 4 is 0 Å².